The molecule has 10 heteroatoms. The van der Waals surface area contributed by atoms with Gasteiger partial charge in [0.1, 0.15) is 18.5 Å². The number of anilines is 1. The van der Waals surface area contributed by atoms with Gasteiger partial charge in [0.2, 0.25) is 5.95 Å². The average Bonchev–Trinajstić information content (AvgIpc) is 3.07. The van der Waals surface area contributed by atoms with Gasteiger partial charge in [-0.25, -0.2) is 10.6 Å². The van der Waals surface area contributed by atoms with Crippen LogP contribution in [0.5, 0.6) is 5.75 Å². The molecular weight excluding hydrogens is 364 g/mol. The number of aryl methyl sites for hydroxylation is 2. The van der Waals surface area contributed by atoms with E-state index >= 15 is 0 Å². The first kappa shape index (κ1) is 19.6. The molecule has 0 fully saturated rings. The van der Waals surface area contributed by atoms with Gasteiger partial charge in [-0.05, 0) is 24.1 Å². The van der Waals surface area contributed by atoms with Gasteiger partial charge in [0.15, 0.2) is 11.2 Å². The second-order valence-corrected chi connectivity index (χ2v) is 6.53. The highest BCUT2D eigenvalue weighted by molar-refractivity contribution is 5.74. The summed E-state index contributed by atoms with van der Waals surface area (Å²) in [6, 6.07) is 7.62. The van der Waals surface area contributed by atoms with E-state index in [-0.39, 0.29) is 30.3 Å². The van der Waals surface area contributed by atoms with Gasteiger partial charge in [0.25, 0.3) is 5.56 Å². The number of aromatic nitrogens is 4. The Morgan fingerprint density at radius 2 is 1.89 bits per heavy atom. The van der Waals surface area contributed by atoms with E-state index < -0.39 is 17.4 Å². The van der Waals surface area contributed by atoms with Crippen LogP contribution in [0.1, 0.15) is 12.5 Å². The lowest BCUT2D eigenvalue weighted by atomic mass is 10.2. The van der Waals surface area contributed by atoms with Crippen LogP contribution in [0.15, 0.2) is 33.9 Å². The Bertz CT molecular complexity index is 1100. The predicted octanol–water partition coefficient (Wildman–Crippen LogP) is -0.278. The van der Waals surface area contributed by atoms with Crippen molar-refractivity contribution in [3.63, 3.8) is 0 Å². The molecule has 10 nitrogen and oxygen atoms in total. The number of hydrogen-bond acceptors (Lipinski definition) is 7. The first-order chi connectivity index (χ1) is 13.4. The number of nitrogens with one attached hydrogen (secondary N) is 1. The van der Waals surface area contributed by atoms with Crippen molar-refractivity contribution in [3.8, 4) is 5.75 Å². The highest BCUT2D eigenvalue weighted by atomic mass is 16.5. The molecule has 0 unspecified atom stereocenters. The minimum atomic E-state index is -0.933. The molecule has 0 saturated carbocycles. The van der Waals surface area contributed by atoms with Crippen molar-refractivity contribution in [2.75, 3.05) is 12.0 Å². The maximum Gasteiger partial charge on any atom is 0.332 e. The summed E-state index contributed by atoms with van der Waals surface area (Å²) in [4.78, 5) is 28.9. The zero-order chi connectivity index (χ0) is 20.4. The van der Waals surface area contributed by atoms with Gasteiger partial charge >= 0.3 is 5.69 Å². The highest BCUT2D eigenvalue weighted by Gasteiger charge is 2.20. The number of ether oxygens (including phenoxy) is 1. The molecule has 0 spiro atoms. The van der Waals surface area contributed by atoms with Crippen LogP contribution in [-0.2, 0) is 27.1 Å². The largest absolute Gasteiger partial charge is 0.491 e. The molecule has 28 heavy (non-hydrogen) atoms. The fraction of sp³-hybridized carbons (Fsp3) is 0.389. The number of imidazole rings is 1. The number of benzene rings is 1. The number of fused-ring (bicyclic) bond motifs is 1. The lowest BCUT2D eigenvalue weighted by molar-refractivity contribution is 0.0938. The van der Waals surface area contributed by atoms with Gasteiger partial charge in [0.05, 0.1) is 6.54 Å². The van der Waals surface area contributed by atoms with Crippen molar-refractivity contribution in [2.45, 2.75) is 26.0 Å². The highest BCUT2D eigenvalue weighted by Crippen LogP contribution is 2.16. The molecule has 2 aromatic heterocycles. The van der Waals surface area contributed by atoms with Crippen LogP contribution in [0.2, 0.25) is 0 Å². The zero-order valence-electron chi connectivity index (χ0n) is 16.0. The second-order valence-electron chi connectivity index (χ2n) is 6.53. The van der Waals surface area contributed by atoms with Crippen molar-refractivity contribution in [1.29, 1.82) is 0 Å². The SMILES string of the molecule is CCc1ccc(OC[C@@H](O)Cn2c(NN)nc3c2c(=O)n(C)c(=O)n3C)cc1. The Morgan fingerprint density at radius 1 is 1.21 bits per heavy atom. The number of hydrazine groups is 1. The Hall–Kier alpha value is -3.11. The van der Waals surface area contributed by atoms with E-state index in [9.17, 15) is 14.7 Å². The molecule has 150 valence electrons. The minimum Gasteiger partial charge on any atom is -0.491 e. The zero-order valence-corrected chi connectivity index (χ0v) is 16.0. The van der Waals surface area contributed by atoms with Crippen LogP contribution in [0.25, 0.3) is 11.2 Å². The van der Waals surface area contributed by atoms with Crippen LogP contribution in [0.4, 0.5) is 5.95 Å². The summed E-state index contributed by atoms with van der Waals surface area (Å²) in [7, 11) is 2.90. The standard InChI is InChI=1S/C18H24N6O4/c1-4-11-5-7-13(8-6-11)28-10-12(25)9-24-14-15(20-17(24)21-19)22(2)18(27)23(3)16(14)26/h5-8,12,25H,4,9-10,19H2,1-3H3,(H,20,21)/t12-/m0/s1. The van der Waals surface area contributed by atoms with Crippen molar-refractivity contribution < 1.29 is 9.84 Å². The maximum atomic E-state index is 12.6. The molecule has 0 saturated heterocycles. The van der Waals surface area contributed by atoms with Crippen molar-refractivity contribution in [3.05, 3.63) is 50.7 Å². The third-order valence-corrected chi connectivity index (χ3v) is 4.64. The topological polar surface area (TPSA) is 129 Å². The first-order valence-corrected chi connectivity index (χ1v) is 8.90. The second kappa shape index (κ2) is 7.87. The van der Waals surface area contributed by atoms with Crippen LogP contribution in [0.3, 0.4) is 0 Å². The summed E-state index contributed by atoms with van der Waals surface area (Å²) >= 11 is 0. The maximum absolute atomic E-state index is 12.6. The number of nitrogen functional groups attached to an aromatic ring is 1. The molecule has 2 heterocycles. The van der Waals surface area contributed by atoms with E-state index in [2.05, 4.69) is 17.3 Å². The fourth-order valence-corrected chi connectivity index (χ4v) is 3.01. The van der Waals surface area contributed by atoms with Gasteiger partial charge < -0.3 is 14.4 Å². The van der Waals surface area contributed by atoms with E-state index in [0.29, 0.717) is 5.75 Å². The van der Waals surface area contributed by atoms with Crippen LogP contribution < -0.4 is 27.3 Å². The third kappa shape index (κ3) is 3.51. The smallest absolute Gasteiger partial charge is 0.332 e. The molecule has 1 atom stereocenters. The van der Waals surface area contributed by atoms with Gasteiger partial charge in [0, 0.05) is 14.1 Å². The molecule has 3 aromatic rings. The molecular formula is C18H24N6O4. The summed E-state index contributed by atoms with van der Waals surface area (Å²) in [6.07, 6.45) is 0.000404. The van der Waals surface area contributed by atoms with E-state index in [1.807, 2.05) is 24.3 Å². The number of nitrogens with zero attached hydrogens (tertiary/aromatic N) is 4. The minimum absolute atomic E-state index is 0.0104. The Balaban J connectivity index is 1.86. The van der Waals surface area contributed by atoms with Crippen LogP contribution >= 0.6 is 0 Å². The van der Waals surface area contributed by atoms with Crippen LogP contribution in [0, 0.1) is 0 Å². The summed E-state index contributed by atoms with van der Waals surface area (Å²) in [5, 5.41) is 10.4. The number of rotatable bonds is 7. The van der Waals surface area contributed by atoms with Gasteiger partial charge in [-0.15, -0.1) is 0 Å². The Kier molecular flexibility index (Phi) is 5.52. The molecule has 0 amide bonds. The number of aliphatic hydroxyl groups excluding tert-OH is 1. The average molecular weight is 388 g/mol. The van der Waals surface area contributed by atoms with Crippen molar-refractivity contribution >= 4 is 17.1 Å². The summed E-state index contributed by atoms with van der Waals surface area (Å²) in [5.41, 5.74) is 2.94. The van der Waals surface area contributed by atoms with Gasteiger partial charge in [-0.1, -0.05) is 19.1 Å². The molecule has 0 aliphatic heterocycles. The van der Waals surface area contributed by atoms with Crippen molar-refractivity contribution in [1.82, 2.24) is 18.7 Å². The lowest BCUT2D eigenvalue weighted by Crippen LogP contribution is -2.38. The molecule has 4 N–H and O–H groups in total. The predicted molar refractivity (Wildman–Crippen MR) is 105 cm³/mol. The molecule has 0 radical (unpaired) electrons. The molecule has 1 aromatic carbocycles. The van der Waals surface area contributed by atoms with Gasteiger partial charge in [-0.2, -0.15) is 4.98 Å². The van der Waals surface area contributed by atoms with Gasteiger partial charge in [-0.3, -0.25) is 19.4 Å². The monoisotopic (exact) mass is 388 g/mol. The first-order valence-electron chi connectivity index (χ1n) is 8.90. The van der Waals surface area contributed by atoms with E-state index in [0.717, 1.165) is 11.0 Å². The Labute approximate surface area is 160 Å². The molecule has 0 aliphatic rings. The summed E-state index contributed by atoms with van der Waals surface area (Å²) < 4.78 is 9.32. The van der Waals surface area contributed by atoms with Crippen LogP contribution in [-0.4, -0.2) is 36.5 Å². The number of aliphatic hydroxyl groups is 1. The Morgan fingerprint density at radius 3 is 2.50 bits per heavy atom. The third-order valence-electron chi connectivity index (χ3n) is 4.64. The molecule has 0 bridgehead atoms. The summed E-state index contributed by atoms with van der Waals surface area (Å²) in [5.74, 6) is 6.32. The molecule has 3 rings (SSSR count). The number of hydrogen-bond donors (Lipinski definition) is 3. The van der Waals surface area contributed by atoms with E-state index in [1.54, 1.807) is 0 Å². The quantitative estimate of drug-likeness (QED) is 0.375. The van der Waals surface area contributed by atoms with E-state index in [1.165, 1.54) is 28.8 Å². The number of nitrogens with two attached hydrogens (primary N) is 1. The van der Waals surface area contributed by atoms with Crippen molar-refractivity contribution in [2.24, 2.45) is 19.9 Å². The summed E-state index contributed by atoms with van der Waals surface area (Å²) in [6.45, 7) is 2.09. The normalized spacial score (nSPS) is 12.3. The fourth-order valence-electron chi connectivity index (χ4n) is 3.01. The lowest BCUT2D eigenvalue weighted by Gasteiger charge is -2.15. The van der Waals surface area contributed by atoms with E-state index in [4.69, 9.17) is 10.6 Å². The molecule has 0 aliphatic carbocycles.